The number of nitrogens with zero attached hydrogens (tertiary/aromatic N) is 2. The summed E-state index contributed by atoms with van der Waals surface area (Å²) in [6, 6.07) is 3.57. The standard InChI is InChI=1S/C14H22N2O4S/c1-10-12-9-14(20-5)13(19-4)8-11(12)6-7-16(10)21(17,18)15(2)3/h8-10H,6-7H2,1-5H3. The van der Waals surface area contributed by atoms with Gasteiger partial charge in [-0.2, -0.15) is 17.0 Å². The molecule has 0 spiro atoms. The maximum atomic E-state index is 12.4. The Kier molecular flexibility index (Phi) is 4.46. The molecular formula is C14H22N2O4S. The van der Waals surface area contributed by atoms with E-state index in [0.29, 0.717) is 24.5 Å². The van der Waals surface area contributed by atoms with Gasteiger partial charge in [0.2, 0.25) is 0 Å². The fourth-order valence-corrected chi connectivity index (χ4v) is 3.90. The highest BCUT2D eigenvalue weighted by Crippen LogP contribution is 2.38. The van der Waals surface area contributed by atoms with Crippen molar-refractivity contribution >= 4 is 10.2 Å². The molecule has 1 aromatic rings. The van der Waals surface area contributed by atoms with Crippen LogP contribution in [0, 0.1) is 0 Å². The second-order valence-corrected chi connectivity index (χ2v) is 7.33. The zero-order valence-corrected chi connectivity index (χ0v) is 13.9. The van der Waals surface area contributed by atoms with Crippen LogP contribution in [0.3, 0.4) is 0 Å². The molecule has 0 saturated carbocycles. The van der Waals surface area contributed by atoms with Crippen molar-refractivity contribution in [1.82, 2.24) is 8.61 Å². The second kappa shape index (κ2) is 5.82. The quantitative estimate of drug-likeness (QED) is 0.843. The first-order valence-corrected chi connectivity index (χ1v) is 8.16. The minimum atomic E-state index is -3.43. The fraction of sp³-hybridized carbons (Fsp3) is 0.571. The number of benzene rings is 1. The predicted octanol–water partition coefficient (Wildman–Crippen LogP) is 1.43. The average Bonchev–Trinajstić information content (AvgIpc) is 2.45. The van der Waals surface area contributed by atoms with Gasteiger partial charge in [-0.05, 0) is 36.6 Å². The molecule has 1 heterocycles. The molecule has 6 nitrogen and oxygen atoms in total. The van der Waals surface area contributed by atoms with Gasteiger partial charge in [-0.1, -0.05) is 0 Å². The summed E-state index contributed by atoms with van der Waals surface area (Å²) in [4.78, 5) is 0. The fourth-order valence-electron chi connectivity index (χ4n) is 2.65. The summed E-state index contributed by atoms with van der Waals surface area (Å²) in [6.07, 6.45) is 0.660. The van der Waals surface area contributed by atoms with Crippen molar-refractivity contribution in [3.05, 3.63) is 23.3 Å². The van der Waals surface area contributed by atoms with Crippen molar-refractivity contribution in [3.8, 4) is 11.5 Å². The summed E-state index contributed by atoms with van der Waals surface area (Å²) >= 11 is 0. The van der Waals surface area contributed by atoms with Crippen molar-refractivity contribution in [1.29, 1.82) is 0 Å². The van der Waals surface area contributed by atoms with Crippen molar-refractivity contribution in [3.63, 3.8) is 0 Å². The average molecular weight is 314 g/mol. The minimum absolute atomic E-state index is 0.235. The van der Waals surface area contributed by atoms with Crippen molar-refractivity contribution in [2.75, 3.05) is 34.9 Å². The Bertz CT molecular complexity index is 628. The molecule has 21 heavy (non-hydrogen) atoms. The molecule has 1 aliphatic rings. The highest BCUT2D eigenvalue weighted by atomic mass is 32.2. The number of methoxy groups -OCH3 is 2. The van der Waals surface area contributed by atoms with Crippen LogP contribution in [0.25, 0.3) is 0 Å². The lowest BCUT2D eigenvalue weighted by molar-refractivity contribution is 0.300. The maximum Gasteiger partial charge on any atom is 0.282 e. The van der Waals surface area contributed by atoms with E-state index < -0.39 is 10.2 Å². The Hall–Kier alpha value is -1.31. The monoisotopic (exact) mass is 314 g/mol. The number of hydrogen-bond acceptors (Lipinski definition) is 4. The number of hydrogen-bond donors (Lipinski definition) is 0. The van der Waals surface area contributed by atoms with E-state index in [9.17, 15) is 8.42 Å². The molecular weight excluding hydrogens is 292 g/mol. The first-order chi connectivity index (χ1) is 9.82. The van der Waals surface area contributed by atoms with Gasteiger partial charge in [0.15, 0.2) is 11.5 Å². The van der Waals surface area contributed by atoms with Crippen LogP contribution in [0.1, 0.15) is 24.1 Å². The van der Waals surface area contributed by atoms with Crippen LogP contribution >= 0.6 is 0 Å². The summed E-state index contributed by atoms with van der Waals surface area (Å²) in [5.41, 5.74) is 2.06. The summed E-state index contributed by atoms with van der Waals surface area (Å²) < 4.78 is 38.1. The zero-order chi connectivity index (χ0) is 15.8. The van der Waals surface area contributed by atoms with Crippen molar-refractivity contribution in [2.45, 2.75) is 19.4 Å². The molecule has 1 atom stereocenters. The Morgan fingerprint density at radius 3 is 2.29 bits per heavy atom. The van der Waals surface area contributed by atoms with E-state index in [-0.39, 0.29) is 6.04 Å². The second-order valence-electron chi connectivity index (χ2n) is 5.23. The molecule has 0 bridgehead atoms. The van der Waals surface area contributed by atoms with Gasteiger partial charge in [0, 0.05) is 26.7 Å². The highest BCUT2D eigenvalue weighted by Gasteiger charge is 2.34. The van der Waals surface area contributed by atoms with Gasteiger partial charge in [0.1, 0.15) is 0 Å². The Balaban J connectivity index is 2.46. The molecule has 0 amide bonds. The lowest BCUT2D eigenvalue weighted by Crippen LogP contribution is -2.44. The van der Waals surface area contributed by atoms with Crippen LogP contribution in [0.15, 0.2) is 12.1 Å². The number of fused-ring (bicyclic) bond motifs is 1. The third-order valence-electron chi connectivity index (χ3n) is 3.89. The predicted molar refractivity (Wildman–Crippen MR) is 81.0 cm³/mol. The molecule has 7 heteroatoms. The van der Waals surface area contributed by atoms with Crippen LogP contribution in [-0.4, -0.2) is 51.9 Å². The van der Waals surface area contributed by atoms with Gasteiger partial charge in [-0.25, -0.2) is 0 Å². The molecule has 1 aliphatic heterocycles. The largest absolute Gasteiger partial charge is 0.493 e. The van der Waals surface area contributed by atoms with Gasteiger partial charge in [0.05, 0.1) is 14.2 Å². The van der Waals surface area contributed by atoms with E-state index >= 15 is 0 Å². The van der Waals surface area contributed by atoms with E-state index in [0.717, 1.165) is 11.1 Å². The highest BCUT2D eigenvalue weighted by molar-refractivity contribution is 7.86. The maximum absolute atomic E-state index is 12.4. The van der Waals surface area contributed by atoms with E-state index in [1.807, 2.05) is 19.1 Å². The summed E-state index contributed by atoms with van der Waals surface area (Å²) in [6.45, 7) is 2.36. The SMILES string of the molecule is COc1cc2c(cc1OC)C(C)N(S(=O)(=O)N(C)C)CC2. The third kappa shape index (κ3) is 2.73. The third-order valence-corrected chi connectivity index (χ3v) is 5.90. The van der Waals surface area contributed by atoms with Gasteiger partial charge in [-0.15, -0.1) is 0 Å². The van der Waals surface area contributed by atoms with E-state index in [1.165, 1.54) is 8.61 Å². The van der Waals surface area contributed by atoms with Gasteiger partial charge < -0.3 is 9.47 Å². The lowest BCUT2D eigenvalue weighted by Gasteiger charge is -2.36. The van der Waals surface area contributed by atoms with Crippen LogP contribution < -0.4 is 9.47 Å². The Morgan fingerprint density at radius 1 is 1.19 bits per heavy atom. The van der Waals surface area contributed by atoms with E-state index in [1.54, 1.807) is 28.3 Å². The van der Waals surface area contributed by atoms with Crippen LogP contribution in [0.5, 0.6) is 11.5 Å². The topological polar surface area (TPSA) is 59.1 Å². The zero-order valence-electron chi connectivity index (χ0n) is 13.1. The van der Waals surface area contributed by atoms with Gasteiger partial charge >= 0.3 is 0 Å². The molecule has 0 saturated heterocycles. The minimum Gasteiger partial charge on any atom is -0.493 e. The van der Waals surface area contributed by atoms with Crippen molar-refractivity contribution in [2.24, 2.45) is 0 Å². The molecule has 2 rings (SSSR count). The molecule has 0 radical (unpaired) electrons. The first-order valence-electron chi connectivity index (χ1n) is 6.77. The normalized spacial score (nSPS) is 19.4. The van der Waals surface area contributed by atoms with E-state index in [2.05, 4.69) is 0 Å². The number of ether oxygens (including phenoxy) is 2. The molecule has 0 aliphatic carbocycles. The Labute approximate surface area is 126 Å². The molecule has 0 fully saturated rings. The summed E-state index contributed by atoms with van der Waals surface area (Å²) in [5.74, 6) is 1.29. The number of rotatable bonds is 4. The summed E-state index contributed by atoms with van der Waals surface area (Å²) in [7, 11) is 2.84. The van der Waals surface area contributed by atoms with E-state index in [4.69, 9.17) is 9.47 Å². The molecule has 0 N–H and O–H groups in total. The van der Waals surface area contributed by atoms with Crippen LogP contribution in [-0.2, 0) is 16.6 Å². The first kappa shape index (κ1) is 16.1. The molecule has 1 unspecified atom stereocenters. The lowest BCUT2D eigenvalue weighted by atomic mass is 9.94. The smallest absolute Gasteiger partial charge is 0.282 e. The summed E-state index contributed by atoms with van der Waals surface area (Å²) in [5, 5.41) is 0. The molecule has 0 aromatic heterocycles. The van der Waals surface area contributed by atoms with Gasteiger partial charge in [-0.3, -0.25) is 0 Å². The molecule has 1 aromatic carbocycles. The van der Waals surface area contributed by atoms with Crippen LogP contribution in [0.4, 0.5) is 0 Å². The Morgan fingerprint density at radius 2 is 1.76 bits per heavy atom. The molecule has 118 valence electrons. The van der Waals surface area contributed by atoms with Crippen LogP contribution in [0.2, 0.25) is 0 Å². The van der Waals surface area contributed by atoms with Gasteiger partial charge in [0.25, 0.3) is 10.2 Å². The van der Waals surface area contributed by atoms with Crippen molar-refractivity contribution < 1.29 is 17.9 Å².